The van der Waals surface area contributed by atoms with Gasteiger partial charge in [-0.1, -0.05) is 17.4 Å². The SMILES string of the molecule is Cc1ccc2sc(NCC(=O)c3ccc(OC(C)C)cc3)nc2c1C.[Br-]. The van der Waals surface area contributed by atoms with E-state index in [2.05, 4.69) is 36.3 Å². The van der Waals surface area contributed by atoms with Crippen LogP contribution < -0.4 is 27.0 Å². The van der Waals surface area contributed by atoms with Gasteiger partial charge in [-0.2, -0.15) is 0 Å². The molecule has 3 rings (SSSR count). The highest BCUT2D eigenvalue weighted by Crippen LogP contribution is 2.29. The number of thiazole rings is 1. The van der Waals surface area contributed by atoms with E-state index in [1.54, 1.807) is 23.5 Å². The first-order valence-electron chi connectivity index (χ1n) is 8.34. The summed E-state index contributed by atoms with van der Waals surface area (Å²) in [5, 5.41) is 3.93. The largest absolute Gasteiger partial charge is 1.00 e. The summed E-state index contributed by atoms with van der Waals surface area (Å²) in [5.41, 5.74) is 4.09. The zero-order valence-corrected chi connectivity index (χ0v) is 17.7. The minimum Gasteiger partial charge on any atom is -1.00 e. The molecule has 0 saturated carbocycles. The monoisotopic (exact) mass is 433 g/mol. The summed E-state index contributed by atoms with van der Waals surface area (Å²) in [6.45, 7) is 8.33. The number of Topliss-reactive ketones (excluding diaryl/α,β-unsaturated/α-hetero) is 1. The van der Waals surface area contributed by atoms with Crippen molar-refractivity contribution in [1.82, 2.24) is 4.98 Å². The minimum absolute atomic E-state index is 0. The van der Waals surface area contributed by atoms with Gasteiger partial charge in [-0.25, -0.2) is 4.98 Å². The lowest BCUT2D eigenvalue weighted by molar-refractivity contribution is -0.0000141. The Bertz CT molecular complexity index is 904. The van der Waals surface area contributed by atoms with Gasteiger partial charge in [0, 0.05) is 5.56 Å². The molecule has 1 heterocycles. The Morgan fingerprint density at radius 2 is 1.85 bits per heavy atom. The fourth-order valence-corrected chi connectivity index (χ4v) is 3.47. The van der Waals surface area contributed by atoms with Crippen LogP contribution in [0.2, 0.25) is 0 Å². The number of aryl methyl sites for hydroxylation is 2. The van der Waals surface area contributed by atoms with Crippen molar-refractivity contribution >= 4 is 32.5 Å². The number of ketones is 1. The summed E-state index contributed by atoms with van der Waals surface area (Å²) in [6, 6.07) is 11.4. The molecule has 138 valence electrons. The second kappa shape index (κ2) is 8.64. The Labute approximate surface area is 168 Å². The molecule has 4 nitrogen and oxygen atoms in total. The molecule has 0 aliphatic heterocycles. The van der Waals surface area contributed by atoms with E-state index in [-0.39, 0.29) is 35.4 Å². The Morgan fingerprint density at radius 3 is 2.50 bits per heavy atom. The molecule has 0 aliphatic rings. The highest BCUT2D eigenvalue weighted by Gasteiger charge is 2.10. The van der Waals surface area contributed by atoms with E-state index < -0.39 is 0 Å². The van der Waals surface area contributed by atoms with Gasteiger partial charge < -0.3 is 27.0 Å². The highest BCUT2D eigenvalue weighted by atomic mass is 79.9. The molecule has 0 amide bonds. The van der Waals surface area contributed by atoms with E-state index >= 15 is 0 Å². The molecule has 0 saturated heterocycles. The second-order valence-electron chi connectivity index (χ2n) is 6.34. The molecule has 0 bridgehead atoms. The number of carbonyl (C=O) groups is 1. The number of benzene rings is 2. The van der Waals surface area contributed by atoms with Crippen LogP contribution in [0.4, 0.5) is 5.13 Å². The number of hydrogen-bond acceptors (Lipinski definition) is 5. The molecule has 3 aromatic rings. The number of aromatic nitrogens is 1. The van der Waals surface area contributed by atoms with E-state index in [1.165, 1.54) is 11.1 Å². The number of anilines is 1. The molecule has 0 radical (unpaired) electrons. The van der Waals surface area contributed by atoms with Gasteiger partial charge in [-0.15, -0.1) is 0 Å². The smallest absolute Gasteiger partial charge is 0.184 e. The Hall–Kier alpha value is -1.92. The zero-order valence-electron chi connectivity index (χ0n) is 15.3. The van der Waals surface area contributed by atoms with Gasteiger partial charge in [0.1, 0.15) is 5.75 Å². The summed E-state index contributed by atoms with van der Waals surface area (Å²) >= 11 is 1.57. The zero-order chi connectivity index (χ0) is 18.0. The van der Waals surface area contributed by atoms with E-state index in [1.807, 2.05) is 26.0 Å². The molecule has 26 heavy (non-hydrogen) atoms. The minimum atomic E-state index is 0. The topological polar surface area (TPSA) is 51.2 Å². The van der Waals surface area contributed by atoms with Crippen molar-refractivity contribution in [3.05, 3.63) is 53.1 Å². The molecule has 2 aromatic carbocycles. The van der Waals surface area contributed by atoms with Crippen LogP contribution in [-0.2, 0) is 0 Å². The predicted octanol–water partition coefficient (Wildman–Crippen LogP) is 2.00. The van der Waals surface area contributed by atoms with Crippen LogP contribution in [0.15, 0.2) is 36.4 Å². The number of rotatable bonds is 6. The van der Waals surface area contributed by atoms with Gasteiger partial charge in [0.25, 0.3) is 0 Å². The number of ether oxygens (including phenoxy) is 1. The maximum Gasteiger partial charge on any atom is 0.184 e. The Kier molecular flexibility index (Phi) is 6.78. The third kappa shape index (κ3) is 4.62. The molecule has 0 spiro atoms. The average molecular weight is 434 g/mol. The second-order valence-corrected chi connectivity index (χ2v) is 7.37. The van der Waals surface area contributed by atoms with Crippen molar-refractivity contribution in [2.75, 3.05) is 11.9 Å². The van der Waals surface area contributed by atoms with Crippen LogP contribution in [0.25, 0.3) is 10.2 Å². The van der Waals surface area contributed by atoms with Crippen molar-refractivity contribution in [2.45, 2.75) is 33.8 Å². The lowest BCUT2D eigenvalue weighted by Crippen LogP contribution is -3.00. The number of carbonyl (C=O) groups excluding carboxylic acids is 1. The lowest BCUT2D eigenvalue weighted by Gasteiger charge is -2.09. The molecule has 1 N–H and O–H groups in total. The van der Waals surface area contributed by atoms with Crippen molar-refractivity contribution in [3.63, 3.8) is 0 Å². The summed E-state index contributed by atoms with van der Waals surface area (Å²) < 4.78 is 6.73. The number of halogens is 1. The van der Waals surface area contributed by atoms with Crippen LogP contribution in [-0.4, -0.2) is 23.4 Å². The van der Waals surface area contributed by atoms with Crippen LogP contribution >= 0.6 is 11.3 Å². The fourth-order valence-electron chi connectivity index (χ4n) is 2.55. The summed E-state index contributed by atoms with van der Waals surface area (Å²) in [6.07, 6.45) is 0.120. The molecule has 0 aliphatic carbocycles. The van der Waals surface area contributed by atoms with Gasteiger partial charge >= 0.3 is 0 Å². The van der Waals surface area contributed by atoms with Crippen molar-refractivity contribution in [2.24, 2.45) is 0 Å². The predicted molar refractivity (Wildman–Crippen MR) is 104 cm³/mol. The lowest BCUT2D eigenvalue weighted by atomic mass is 10.1. The van der Waals surface area contributed by atoms with Crippen LogP contribution in [0.1, 0.15) is 35.3 Å². The third-order valence-electron chi connectivity index (χ3n) is 4.03. The molecule has 1 aromatic heterocycles. The highest BCUT2D eigenvalue weighted by molar-refractivity contribution is 7.22. The van der Waals surface area contributed by atoms with Crippen LogP contribution in [0.3, 0.4) is 0 Å². The maximum atomic E-state index is 12.4. The number of hydrogen-bond donors (Lipinski definition) is 1. The normalized spacial score (nSPS) is 10.7. The standard InChI is InChI=1S/C20H22N2O2S.BrH/c1-12(2)24-16-8-6-15(7-9-16)17(23)11-21-20-22-19-14(4)13(3)5-10-18(19)25-20;/h5-10,12H,11H2,1-4H3,(H,21,22);1H/p-1. The fraction of sp³-hybridized carbons (Fsp3) is 0.300. The molecule has 6 heteroatoms. The number of nitrogens with zero attached hydrogens (tertiary/aromatic N) is 1. The summed E-state index contributed by atoms with van der Waals surface area (Å²) in [7, 11) is 0. The first-order valence-corrected chi connectivity index (χ1v) is 9.16. The molecular weight excluding hydrogens is 412 g/mol. The van der Waals surface area contributed by atoms with Gasteiger partial charge in [-0.05, 0) is 69.2 Å². The van der Waals surface area contributed by atoms with E-state index in [0.29, 0.717) is 5.56 Å². The molecule has 0 atom stereocenters. The summed E-state index contributed by atoms with van der Waals surface area (Å²) in [4.78, 5) is 17.0. The molecule has 0 unspecified atom stereocenters. The van der Waals surface area contributed by atoms with E-state index in [4.69, 9.17) is 4.74 Å². The van der Waals surface area contributed by atoms with Gasteiger partial charge in [-0.3, -0.25) is 4.79 Å². The number of nitrogens with one attached hydrogen (secondary N) is 1. The Morgan fingerprint density at radius 1 is 1.15 bits per heavy atom. The molecule has 0 fully saturated rings. The van der Waals surface area contributed by atoms with Gasteiger partial charge in [0.05, 0.1) is 22.9 Å². The summed E-state index contributed by atoms with van der Waals surface area (Å²) in [5.74, 6) is 0.805. The maximum absolute atomic E-state index is 12.4. The van der Waals surface area contributed by atoms with Crippen LogP contribution in [0.5, 0.6) is 5.75 Å². The Balaban J connectivity index is 0.00000243. The average Bonchev–Trinajstić information content (AvgIpc) is 3.00. The third-order valence-corrected chi connectivity index (χ3v) is 5.01. The van der Waals surface area contributed by atoms with Gasteiger partial charge in [0.2, 0.25) is 0 Å². The van der Waals surface area contributed by atoms with E-state index in [9.17, 15) is 4.79 Å². The quantitative estimate of drug-likeness (QED) is 0.604. The van der Waals surface area contributed by atoms with Crippen molar-refractivity contribution in [1.29, 1.82) is 0 Å². The van der Waals surface area contributed by atoms with Gasteiger partial charge in [0.15, 0.2) is 10.9 Å². The van der Waals surface area contributed by atoms with E-state index in [0.717, 1.165) is 21.1 Å². The number of fused-ring (bicyclic) bond motifs is 1. The van der Waals surface area contributed by atoms with Crippen molar-refractivity contribution in [3.8, 4) is 5.75 Å². The first-order chi connectivity index (χ1) is 11.9. The first kappa shape index (κ1) is 20.4. The van der Waals surface area contributed by atoms with Crippen molar-refractivity contribution < 1.29 is 26.5 Å². The van der Waals surface area contributed by atoms with Crippen LogP contribution in [0, 0.1) is 13.8 Å². The molecular formula is C20H22BrN2O2S-.